The Balaban J connectivity index is 2.69. The molecule has 0 spiro atoms. The molecule has 0 bridgehead atoms. The molecule has 0 saturated carbocycles. The van der Waals surface area contributed by atoms with E-state index >= 15 is 0 Å². The highest BCUT2D eigenvalue weighted by Crippen LogP contribution is 2.16. The normalized spacial score (nSPS) is 11.5. The summed E-state index contributed by atoms with van der Waals surface area (Å²) >= 11 is 0. The molecule has 0 saturated heterocycles. The standard InChI is InChI=1S/C10H17N3O3S/c1-13(2)17(14,15)12-9-3-5-10(6-4-9)16-8-7-11/h3-6,12H,7-8,11H2,1-2H3. The van der Waals surface area contributed by atoms with Crippen LogP contribution in [-0.2, 0) is 10.2 Å². The van der Waals surface area contributed by atoms with Crippen molar-refractivity contribution in [2.45, 2.75) is 0 Å². The van der Waals surface area contributed by atoms with Crippen molar-refractivity contribution in [1.82, 2.24) is 4.31 Å². The zero-order chi connectivity index (χ0) is 12.9. The number of hydrogen-bond donors (Lipinski definition) is 2. The number of anilines is 1. The molecule has 0 aliphatic rings. The molecule has 0 aromatic heterocycles. The predicted octanol–water partition coefficient (Wildman–Crippen LogP) is 0.242. The second-order valence-electron chi connectivity index (χ2n) is 3.55. The molecule has 0 amide bonds. The number of hydrogen-bond acceptors (Lipinski definition) is 4. The molecule has 0 aliphatic carbocycles. The van der Waals surface area contributed by atoms with Gasteiger partial charge in [0.2, 0.25) is 0 Å². The topological polar surface area (TPSA) is 84.7 Å². The summed E-state index contributed by atoms with van der Waals surface area (Å²) in [4.78, 5) is 0. The summed E-state index contributed by atoms with van der Waals surface area (Å²) in [5, 5.41) is 0. The SMILES string of the molecule is CN(C)S(=O)(=O)Nc1ccc(OCCN)cc1. The van der Waals surface area contributed by atoms with Crippen molar-refractivity contribution < 1.29 is 13.2 Å². The van der Waals surface area contributed by atoms with E-state index in [2.05, 4.69) is 4.72 Å². The van der Waals surface area contributed by atoms with E-state index in [4.69, 9.17) is 10.5 Å². The second kappa shape index (κ2) is 5.85. The lowest BCUT2D eigenvalue weighted by molar-refractivity contribution is 0.328. The Morgan fingerprint density at radius 1 is 1.29 bits per heavy atom. The molecule has 0 heterocycles. The summed E-state index contributed by atoms with van der Waals surface area (Å²) in [5.74, 6) is 0.656. The van der Waals surface area contributed by atoms with Crippen LogP contribution in [0.25, 0.3) is 0 Å². The van der Waals surface area contributed by atoms with Gasteiger partial charge in [0, 0.05) is 20.6 Å². The Bertz CT molecular complexity index is 442. The third kappa shape index (κ3) is 4.22. The Labute approximate surface area is 102 Å². The van der Waals surface area contributed by atoms with Gasteiger partial charge in [-0.1, -0.05) is 0 Å². The fourth-order valence-electron chi connectivity index (χ4n) is 1.04. The van der Waals surface area contributed by atoms with Crippen molar-refractivity contribution in [3.63, 3.8) is 0 Å². The first-order valence-electron chi connectivity index (χ1n) is 5.09. The van der Waals surface area contributed by atoms with E-state index < -0.39 is 10.2 Å². The van der Waals surface area contributed by atoms with Crippen LogP contribution >= 0.6 is 0 Å². The monoisotopic (exact) mass is 259 g/mol. The zero-order valence-electron chi connectivity index (χ0n) is 9.88. The minimum Gasteiger partial charge on any atom is -0.492 e. The van der Waals surface area contributed by atoms with Crippen molar-refractivity contribution in [2.75, 3.05) is 32.0 Å². The minimum absolute atomic E-state index is 0.433. The van der Waals surface area contributed by atoms with Crippen LogP contribution < -0.4 is 15.2 Å². The van der Waals surface area contributed by atoms with E-state index in [0.29, 0.717) is 24.6 Å². The van der Waals surface area contributed by atoms with Crippen molar-refractivity contribution in [2.24, 2.45) is 5.73 Å². The highest BCUT2D eigenvalue weighted by molar-refractivity contribution is 7.90. The Morgan fingerprint density at radius 3 is 2.35 bits per heavy atom. The van der Waals surface area contributed by atoms with Gasteiger partial charge in [-0.25, -0.2) is 0 Å². The zero-order valence-corrected chi connectivity index (χ0v) is 10.7. The molecule has 0 unspecified atom stereocenters. The van der Waals surface area contributed by atoms with E-state index in [1.807, 2.05) is 0 Å². The van der Waals surface area contributed by atoms with E-state index in [9.17, 15) is 8.42 Å². The van der Waals surface area contributed by atoms with E-state index in [1.165, 1.54) is 14.1 Å². The minimum atomic E-state index is -3.46. The fourth-order valence-corrected chi connectivity index (χ4v) is 1.65. The van der Waals surface area contributed by atoms with Gasteiger partial charge >= 0.3 is 10.2 Å². The number of rotatable bonds is 6. The summed E-state index contributed by atoms with van der Waals surface area (Å²) in [6, 6.07) is 6.63. The number of nitrogens with one attached hydrogen (secondary N) is 1. The Kier molecular flexibility index (Phi) is 4.73. The number of nitrogens with zero attached hydrogens (tertiary/aromatic N) is 1. The van der Waals surface area contributed by atoms with Gasteiger partial charge in [-0.3, -0.25) is 4.72 Å². The molecule has 1 rings (SSSR count). The first-order valence-corrected chi connectivity index (χ1v) is 6.53. The van der Waals surface area contributed by atoms with Crippen LogP contribution in [-0.4, -0.2) is 40.0 Å². The molecule has 1 aromatic rings. The van der Waals surface area contributed by atoms with Crippen LogP contribution in [0.3, 0.4) is 0 Å². The third-order valence-electron chi connectivity index (χ3n) is 1.97. The average molecular weight is 259 g/mol. The largest absolute Gasteiger partial charge is 0.492 e. The molecule has 96 valence electrons. The first-order chi connectivity index (χ1) is 7.95. The quantitative estimate of drug-likeness (QED) is 0.766. The van der Waals surface area contributed by atoms with Crippen LogP contribution in [0.2, 0.25) is 0 Å². The van der Waals surface area contributed by atoms with Crippen LogP contribution in [0, 0.1) is 0 Å². The van der Waals surface area contributed by atoms with Crippen molar-refractivity contribution >= 4 is 15.9 Å². The van der Waals surface area contributed by atoms with Crippen LogP contribution in [0.5, 0.6) is 5.75 Å². The van der Waals surface area contributed by atoms with Gasteiger partial charge in [0.15, 0.2) is 0 Å². The summed E-state index contributed by atoms with van der Waals surface area (Å²) in [7, 11) is -0.540. The van der Waals surface area contributed by atoms with Gasteiger partial charge in [-0.2, -0.15) is 12.7 Å². The van der Waals surface area contributed by atoms with Crippen molar-refractivity contribution in [1.29, 1.82) is 0 Å². The van der Waals surface area contributed by atoms with Crippen molar-refractivity contribution in [3.8, 4) is 5.75 Å². The van der Waals surface area contributed by atoms with E-state index in [-0.39, 0.29) is 0 Å². The maximum atomic E-state index is 11.5. The highest BCUT2D eigenvalue weighted by Gasteiger charge is 2.12. The highest BCUT2D eigenvalue weighted by atomic mass is 32.2. The molecule has 1 aromatic carbocycles. The smallest absolute Gasteiger partial charge is 0.301 e. The van der Waals surface area contributed by atoms with Gasteiger partial charge in [0.05, 0.1) is 5.69 Å². The van der Waals surface area contributed by atoms with E-state index in [1.54, 1.807) is 24.3 Å². The number of ether oxygens (including phenoxy) is 1. The summed E-state index contributed by atoms with van der Waals surface area (Å²) < 4.78 is 31.8. The summed E-state index contributed by atoms with van der Waals surface area (Å²) in [6.07, 6.45) is 0. The van der Waals surface area contributed by atoms with Crippen molar-refractivity contribution in [3.05, 3.63) is 24.3 Å². The molecule has 3 N–H and O–H groups in total. The summed E-state index contributed by atoms with van der Waals surface area (Å²) in [6.45, 7) is 0.873. The number of benzene rings is 1. The Morgan fingerprint density at radius 2 is 1.88 bits per heavy atom. The van der Waals surface area contributed by atoms with Crippen LogP contribution in [0.15, 0.2) is 24.3 Å². The maximum absolute atomic E-state index is 11.5. The van der Waals surface area contributed by atoms with E-state index in [0.717, 1.165) is 4.31 Å². The molecule has 7 heteroatoms. The molecule has 0 aliphatic heterocycles. The van der Waals surface area contributed by atoms with Gasteiger partial charge in [0.25, 0.3) is 0 Å². The average Bonchev–Trinajstić information content (AvgIpc) is 2.27. The first kappa shape index (κ1) is 13.8. The molecular formula is C10H17N3O3S. The van der Waals surface area contributed by atoms with Gasteiger partial charge in [0.1, 0.15) is 12.4 Å². The van der Waals surface area contributed by atoms with Gasteiger partial charge in [-0.05, 0) is 24.3 Å². The number of nitrogens with two attached hydrogens (primary N) is 1. The molecule has 0 atom stereocenters. The lowest BCUT2D eigenvalue weighted by Crippen LogP contribution is -2.28. The summed E-state index contributed by atoms with van der Waals surface area (Å²) in [5.41, 5.74) is 5.79. The molecule has 0 radical (unpaired) electrons. The lowest BCUT2D eigenvalue weighted by Gasteiger charge is -2.13. The molecule has 17 heavy (non-hydrogen) atoms. The third-order valence-corrected chi connectivity index (χ3v) is 3.42. The molecule has 0 fully saturated rings. The van der Waals surface area contributed by atoms with Crippen LogP contribution in [0.4, 0.5) is 5.69 Å². The maximum Gasteiger partial charge on any atom is 0.301 e. The van der Waals surface area contributed by atoms with Gasteiger partial charge < -0.3 is 10.5 Å². The molecule has 6 nitrogen and oxygen atoms in total. The second-order valence-corrected chi connectivity index (χ2v) is 5.44. The predicted molar refractivity (Wildman–Crippen MR) is 67.2 cm³/mol. The van der Waals surface area contributed by atoms with Crippen LogP contribution in [0.1, 0.15) is 0 Å². The fraction of sp³-hybridized carbons (Fsp3) is 0.400. The molecular weight excluding hydrogens is 242 g/mol. The van der Waals surface area contributed by atoms with Gasteiger partial charge in [-0.15, -0.1) is 0 Å². The Hall–Kier alpha value is -1.31. The lowest BCUT2D eigenvalue weighted by atomic mass is 10.3.